The first-order chi connectivity index (χ1) is 12.2. The lowest BCUT2D eigenvalue weighted by atomic mass is 9.99. The van der Waals surface area contributed by atoms with Crippen molar-refractivity contribution < 1.29 is 22.8 Å². The Kier molecular flexibility index (Phi) is 4.27. The van der Waals surface area contributed by atoms with E-state index in [-0.39, 0.29) is 5.71 Å². The molecule has 1 aliphatic heterocycles. The van der Waals surface area contributed by atoms with Crippen LogP contribution in [-0.2, 0) is 15.8 Å². The number of carbonyl (C=O) groups excluding carboxylic acids is 2. The minimum absolute atomic E-state index is 0.232. The lowest BCUT2D eigenvalue weighted by molar-refractivity contribution is -0.137. The van der Waals surface area contributed by atoms with E-state index in [9.17, 15) is 22.8 Å². The summed E-state index contributed by atoms with van der Waals surface area (Å²) in [6.45, 7) is 0. The number of halogens is 3. The van der Waals surface area contributed by atoms with Crippen LogP contribution < -0.4 is 10.6 Å². The third-order valence-corrected chi connectivity index (χ3v) is 4.10. The molecule has 2 N–H and O–H groups in total. The number of amides is 2. The second-order valence-electron chi connectivity index (χ2n) is 5.77. The number of nitrogens with two attached hydrogens (primary N) is 1. The van der Waals surface area contributed by atoms with Crippen LogP contribution >= 0.6 is 0 Å². The first kappa shape index (κ1) is 17.7. The van der Waals surface area contributed by atoms with Gasteiger partial charge in [-0.1, -0.05) is 30.3 Å². The summed E-state index contributed by atoms with van der Waals surface area (Å²) in [6, 6.07) is 9.67. The van der Waals surface area contributed by atoms with E-state index in [0.29, 0.717) is 16.8 Å². The molecule has 0 saturated heterocycles. The van der Waals surface area contributed by atoms with Crippen molar-refractivity contribution in [3.8, 4) is 0 Å². The van der Waals surface area contributed by atoms with Gasteiger partial charge in [0.15, 0.2) is 0 Å². The number of anilines is 1. The van der Waals surface area contributed by atoms with Crippen LogP contribution in [0, 0.1) is 0 Å². The molecule has 1 atom stereocenters. The normalized spacial score (nSPS) is 17.4. The van der Waals surface area contributed by atoms with Gasteiger partial charge in [-0.3, -0.25) is 14.6 Å². The van der Waals surface area contributed by atoms with Gasteiger partial charge in [-0.2, -0.15) is 13.2 Å². The summed E-state index contributed by atoms with van der Waals surface area (Å²) >= 11 is 0. The fraction of sp³-hybridized carbons (Fsp3) is 0.167. The van der Waals surface area contributed by atoms with Gasteiger partial charge in [0, 0.05) is 18.2 Å². The fourth-order valence-corrected chi connectivity index (χ4v) is 2.75. The molecule has 2 amide bonds. The van der Waals surface area contributed by atoms with Crippen molar-refractivity contribution in [3.63, 3.8) is 0 Å². The highest BCUT2D eigenvalue weighted by molar-refractivity contribution is 6.23. The Morgan fingerprint density at radius 2 is 1.73 bits per heavy atom. The van der Waals surface area contributed by atoms with Crippen molar-refractivity contribution in [2.24, 2.45) is 10.7 Å². The number of benzene rings is 2. The number of para-hydroxylation sites is 1. The van der Waals surface area contributed by atoms with E-state index in [1.807, 2.05) is 0 Å². The summed E-state index contributed by atoms with van der Waals surface area (Å²) in [7, 11) is 1.49. The highest BCUT2D eigenvalue weighted by Crippen LogP contribution is 2.31. The number of benzodiazepines with no additional fused rings is 1. The molecule has 5 nitrogen and oxygen atoms in total. The molecule has 8 heteroatoms. The molecule has 0 aliphatic carbocycles. The molecule has 0 aromatic heterocycles. The van der Waals surface area contributed by atoms with Gasteiger partial charge >= 0.3 is 6.18 Å². The number of alkyl halides is 3. The number of carbonyl (C=O) groups is 2. The van der Waals surface area contributed by atoms with E-state index in [0.717, 1.165) is 12.1 Å². The Labute approximate surface area is 146 Å². The van der Waals surface area contributed by atoms with Crippen LogP contribution in [0.3, 0.4) is 0 Å². The number of rotatable bonds is 2. The number of hydrogen-bond acceptors (Lipinski definition) is 3. The summed E-state index contributed by atoms with van der Waals surface area (Å²) in [4.78, 5) is 29.6. The number of aliphatic imine (C=N–C) groups is 1. The Morgan fingerprint density at radius 1 is 1.12 bits per heavy atom. The average molecular weight is 361 g/mol. The smallest absolute Gasteiger partial charge is 0.367 e. The van der Waals surface area contributed by atoms with Gasteiger partial charge in [0.05, 0.1) is 17.0 Å². The maximum absolute atomic E-state index is 12.8. The van der Waals surface area contributed by atoms with Crippen LogP contribution in [0.5, 0.6) is 0 Å². The van der Waals surface area contributed by atoms with E-state index >= 15 is 0 Å². The van der Waals surface area contributed by atoms with E-state index in [1.165, 1.54) is 24.1 Å². The summed E-state index contributed by atoms with van der Waals surface area (Å²) in [5, 5.41) is 0. The summed E-state index contributed by atoms with van der Waals surface area (Å²) in [5.74, 6) is -1.54. The van der Waals surface area contributed by atoms with E-state index in [1.54, 1.807) is 24.3 Å². The Hall–Kier alpha value is -3.16. The van der Waals surface area contributed by atoms with E-state index in [4.69, 9.17) is 5.73 Å². The number of fused-ring (bicyclic) bond motifs is 1. The van der Waals surface area contributed by atoms with Crippen LogP contribution in [-0.4, -0.2) is 30.6 Å². The molecule has 1 aliphatic rings. The van der Waals surface area contributed by atoms with Gasteiger partial charge in [-0.25, -0.2) is 0 Å². The van der Waals surface area contributed by atoms with Crippen molar-refractivity contribution >= 4 is 23.2 Å². The number of likely N-dealkylation sites (N-methyl/N-ethyl adjacent to an activating group) is 1. The summed E-state index contributed by atoms with van der Waals surface area (Å²) in [5.41, 5.74) is 6.09. The van der Waals surface area contributed by atoms with Crippen molar-refractivity contribution in [1.82, 2.24) is 0 Å². The fourth-order valence-electron chi connectivity index (χ4n) is 2.75. The molecule has 3 rings (SSSR count). The van der Waals surface area contributed by atoms with Crippen molar-refractivity contribution in [1.29, 1.82) is 0 Å². The summed E-state index contributed by atoms with van der Waals surface area (Å²) < 4.78 is 38.4. The molecule has 134 valence electrons. The summed E-state index contributed by atoms with van der Waals surface area (Å²) in [6.07, 6.45) is -4.46. The monoisotopic (exact) mass is 361 g/mol. The highest BCUT2D eigenvalue weighted by atomic mass is 19.4. The third-order valence-electron chi connectivity index (χ3n) is 4.10. The van der Waals surface area contributed by atoms with Crippen LogP contribution in [0.4, 0.5) is 18.9 Å². The minimum Gasteiger partial charge on any atom is -0.367 e. The van der Waals surface area contributed by atoms with E-state index < -0.39 is 29.6 Å². The van der Waals surface area contributed by atoms with Crippen molar-refractivity contribution in [2.45, 2.75) is 12.2 Å². The largest absolute Gasteiger partial charge is 0.416 e. The first-order valence-corrected chi connectivity index (χ1v) is 7.62. The Bertz CT molecular complexity index is 905. The van der Waals surface area contributed by atoms with Crippen LogP contribution in [0.2, 0.25) is 0 Å². The number of nitrogens with zero attached hydrogens (tertiary/aromatic N) is 2. The van der Waals surface area contributed by atoms with Gasteiger partial charge < -0.3 is 10.6 Å². The molecule has 0 saturated carbocycles. The molecular weight excluding hydrogens is 347 g/mol. The minimum atomic E-state index is -4.46. The second-order valence-corrected chi connectivity index (χ2v) is 5.77. The predicted molar refractivity (Wildman–Crippen MR) is 89.9 cm³/mol. The van der Waals surface area contributed by atoms with Gasteiger partial charge in [-0.05, 0) is 18.2 Å². The maximum atomic E-state index is 12.8. The van der Waals surface area contributed by atoms with E-state index in [2.05, 4.69) is 4.99 Å². The van der Waals surface area contributed by atoms with Crippen LogP contribution in [0.15, 0.2) is 53.5 Å². The molecular formula is C18H14F3N3O2. The molecule has 0 bridgehead atoms. The molecule has 1 unspecified atom stereocenters. The standard InChI is InChI=1S/C18H14F3N3O2/c1-24-13-5-3-2-4-12(13)14(23-15(16(22)25)17(24)26)10-6-8-11(9-7-10)18(19,20)21/h2-9,15H,1H3,(H2,22,25). The van der Waals surface area contributed by atoms with Crippen molar-refractivity contribution in [3.05, 3.63) is 65.2 Å². The second kappa shape index (κ2) is 6.29. The molecule has 26 heavy (non-hydrogen) atoms. The molecule has 1 heterocycles. The number of hydrogen-bond donors (Lipinski definition) is 1. The van der Waals surface area contributed by atoms with Crippen LogP contribution in [0.1, 0.15) is 16.7 Å². The molecule has 0 fully saturated rings. The highest BCUT2D eigenvalue weighted by Gasteiger charge is 2.34. The lowest BCUT2D eigenvalue weighted by Crippen LogP contribution is -2.42. The zero-order chi connectivity index (χ0) is 19.1. The topological polar surface area (TPSA) is 75.8 Å². The van der Waals surface area contributed by atoms with Gasteiger partial charge in [0.25, 0.3) is 11.8 Å². The van der Waals surface area contributed by atoms with Gasteiger partial charge in [0.1, 0.15) is 0 Å². The maximum Gasteiger partial charge on any atom is 0.416 e. The quantitative estimate of drug-likeness (QED) is 0.834. The SMILES string of the molecule is CN1C(=O)C(C(N)=O)N=C(c2ccc(C(F)(F)F)cc2)c2ccccc21. The average Bonchev–Trinajstić information content (AvgIpc) is 2.71. The predicted octanol–water partition coefficient (Wildman–Crippen LogP) is 2.37. The van der Waals surface area contributed by atoms with Crippen molar-refractivity contribution in [2.75, 3.05) is 11.9 Å². The molecule has 2 aromatic rings. The third kappa shape index (κ3) is 3.05. The zero-order valence-corrected chi connectivity index (χ0v) is 13.6. The first-order valence-electron chi connectivity index (χ1n) is 7.62. The van der Waals surface area contributed by atoms with Crippen LogP contribution in [0.25, 0.3) is 0 Å². The Balaban J connectivity index is 2.19. The number of primary amides is 1. The molecule has 2 aromatic carbocycles. The zero-order valence-electron chi connectivity index (χ0n) is 13.6. The van der Waals surface area contributed by atoms with Gasteiger partial charge in [0.2, 0.25) is 6.04 Å². The Morgan fingerprint density at radius 3 is 2.31 bits per heavy atom. The molecule has 0 spiro atoms. The molecule has 0 radical (unpaired) electrons. The van der Waals surface area contributed by atoms with Gasteiger partial charge in [-0.15, -0.1) is 0 Å². The lowest BCUT2D eigenvalue weighted by Gasteiger charge is -2.19.